The maximum absolute atomic E-state index is 12.4. The summed E-state index contributed by atoms with van der Waals surface area (Å²) in [6.07, 6.45) is 3.95. The molecule has 6 heteroatoms. The lowest BCUT2D eigenvalue weighted by Crippen LogP contribution is -2.35. The maximum Gasteiger partial charge on any atom is 0.251 e. The lowest BCUT2D eigenvalue weighted by molar-refractivity contribution is 0.0169. The van der Waals surface area contributed by atoms with Crippen LogP contribution in [0.3, 0.4) is 0 Å². The van der Waals surface area contributed by atoms with E-state index in [1.54, 1.807) is 19.2 Å². The van der Waals surface area contributed by atoms with Gasteiger partial charge in [0.05, 0.1) is 13.2 Å². The van der Waals surface area contributed by atoms with E-state index in [2.05, 4.69) is 10.3 Å². The summed E-state index contributed by atoms with van der Waals surface area (Å²) in [4.78, 5) is 17.0. The molecule has 1 saturated heterocycles. The van der Waals surface area contributed by atoms with Gasteiger partial charge in [-0.1, -0.05) is 12.1 Å². The number of methoxy groups -OCH3 is 1. The Morgan fingerprint density at radius 2 is 2.07 bits per heavy atom. The van der Waals surface area contributed by atoms with Crippen LogP contribution in [0.15, 0.2) is 46.9 Å². The fourth-order valence-corrected chi connectivity index (χ4v) is 3.38. The van der Waals surface area contributed by atoms with Gasteiger partial charge in [-0.15, -0.1) is 0 Å². The van der Waals surface area contributed by atoms with Gasteiger partial charge < -0.3 is 19.2 Å². The number of oxazole rings is 1. The van der Waals surface area contributed by atoms with Crippen LogP contribution in [-0.4, -0.2) is 37.3 Å². The zero-order chi connectivity index (χ0) is 19.3. The second-order valence-electron chi connectivity index (χ2n) is 7.01. The number of carbonyl (C=O) groups excluding carboxylic acids is 1. The first-order valence-electron chi connectivity index (χ1n) is 9.63. The summed E-state index contributed by atoms with van der Waals surface area (Å²) in [7, 11) is 1.64. The summed E-state index contributed by atoms with van der Waals surface area (Å²) in [6.45, 7) is 1.32. The quantitative estimate of drug-likeness (QED) is 0.705. The van der Waals surface area contributed by atoms with Gasteiger partial charge in [-0.3, -0.25) is 4.79 Å². The summed E-state index contributed by atoms with van der Waals surface area (Å²) < 4.78 is 16.7. The molecule has 1 fully saturated rings. The van der Waals surface area contributed by atoms with Gasteiger partial charge in [0.15, 0.2) is 11.5 Å². The molecule has 1 N–H and O–H groups in total. The van der Waals surface area contributed by atoms with Crippen LogP contribution in [0.1, 0.15) is 41.1 Å². The molecular formula is C22H24N2O4. The Labute approximate surface area is 163 Å². The maximum atomic E-state index is 12.4. The molecule has 1 amide bonds. The number of ether oxygens (including phenoxy) is 2. The largest absolute Gasteiger partial charge is 0.497 e. The number of rotatable bonds is 6. The van der Waals surface area contributed by atoms with Gasteiger partial charge >= 0.3 is 0 Å². The molecule has 0 unspecified atom stereocenters. The number of benzene rings is 2. The van der Waals surface area contributed by atoms with E-state index in [-0.39, 0.29) is 12.0 Å². The minimum atomic E-state index is -0.121. The predicted octanol–water partition coefficient (Wildman–Crippen LogP) is 3.73. The third-order valence-electron chi connectivity index (χ3n) is 4.97. The van der Waals surface area contributed by atoms with Crippen molar-refractivity contribution in [2.24, 2.45) is 0 Å². The molecule has 146 valence electrons. The fraction of sp³-hybridized carbons (Fsp3) is 0.364. The van der Waals surface area contributed by atoms with Crippen LogP contribution in [0.2, 0.25) is 0 Å². The Hall–Kier alpha value is -2.86. The van der Waals surface area contributed by atoms with Crippen molar-refractivity contribution in [2.45, 2.75) is 31.8 Å². The van der Waals surface area contributed by atoms with E-state index in [9.17, 15) is 4.79 Å². The molecule has 2 aromatic carbocycles. The van der Waals surface area contributed by atoms with Crippen LogP contribution in [0.25, 0.3) is 11.1 Å². The van der Waals surface area contributed by atoms with E-state index in [1.807, 2.05) is 30.3 Å². The average Bonchev–Trinajstić information content (AvgIpc) is 3.14. The first-order chi connectivity index (χ1) is 13.7. The smallest absolute Gasteiger partial charge is 0.251 e. The Morgan fingerprint density at radius 1 is 1.21 bits per heavy atom. The Kier molecular flexibility index (Phi) is 5.58. The molecule has 0 spiro atoms. The molecule has 0 saturated carbocycles. The lowest BCUT2D eigenvalue weighted by Gasteiger charge is -2.22. The van der Waals surface area contributed by atoms with E-state index in [0.29, 0.717) is 30.0 Å². The number of nitrogens with zero attached hydrogens (tertiary/aromatic N) is 1. The van der Waals surface area contributed by atoms with Crippen molar-refractivity contribution in [3.8, 4) is 5.75 Å². The van der Waals surface area contributed by atoms with Crippen LogP contribution in [0, 0.1) is 0 Å². The highest BCUT2D eigenvalue weighted by Crippen LogP contribution is 2.21. The first kappa shape index (κ1) is 18.5. The summed E-state index contributed by atoms with van der Waals surface area (Å²) >= 11 is 0. The fourth-order valence-electron chi connectivity index (χ4n) is 3.38. The van der Waals surface area contributed by atoms with Crippen LogP contribution < -0.4 is 10.1 Å². The molecule has 2 heterocycles. The molecular weight excluding hydrogens is 356 g/mol. The zero-order valence-electron chi connectivity index (χ0n) is 15.9. The van der Waals surface area contributed by atoms with Crippen molar-refractivity contribution in [3.63, 3.8) is 0 Å². The number of aromatic nitrogens is 1. The highest BCUT2D eigenvalue weighted by atomic mass is 16.5. The van der Waals surface area contributed by atoms with E-state index >= 15 is 0 Å². The lowest BCUT2D eigenvalue weighted by atomic mass is 10.1. The first-order valence-corrected chi connectivity index (χ1v) is 9.63. The van der Waals surface area contributed by atoms with E-state index in [0.717, 1.165) is 42.7 Å². The minimum absolute atomic E-state index is 0.114. The second-order valence-corrected chi connectivity index (χ2v) is 7.01. The Balaban J connectivity index is 1.42. The van der Waals surface area contributed by atoms with Crippen LogP contribution in [0.4, 0.5) is 0 Å². The van der Waals surface area contributed by atoms with Gasteiger partial charge in [-0.05, 0) is 55.2 Å². The van der Waals surface area contributed by atoms with Gasteiger partial charge in [0.2, 0.25) is 0 Å². The number of nitrogens with one attached hydrogen (secondary N) is 1. The molecule has 6 nitrogen and oxygen atoms in total. The van der Waals surface area contributed by atoms with Crippen LogP contribution in [-0.2, 0) is 11.2 Å². The molecule has 1 aliphatic heterocycles. The van der Waals surface area contributed by atoms with Gasteiger partial charge in [-0.2, -0.15) is 0 Å². The Bertz CT molecular complexity index is 943. The summed E-state index contributed by atoms with van der Waals surface area (Å²) in [5.41, 5.74) is 3.01. The number of fused-ring (bicyclic) bond motifs is 1. The topological polar surface area (TPSA) is 73.6 Å². The van der Waals surface area contributed by atoms with E-state index < -0.39 is 0 Å². The molecule has 0 bridgehead atoms. The summed E-state index contributed by atoms with van der Waals surface area (Å²) in [6, 6.07) is 13.1. The monoisotopic (exact) mass is 380 g/mol. The van der Waals surface area contributed by atoms with Crippen molar-refractivity contribution in [1.29, 1.82) is 0 Å². The predicted molar refractivity (Wildman–Crippen MR) is 106 cm³/mol. The van der Waals surface area contributed by atoms with Crippen molar-refractivity contribution >= 4 is 17.0 Å². The Morgan fingerprint density at radius 3 is 2.82 bits per heavy atom. The van der Waals surface area contributed by atoms with Gasteiger partial charge in [0.25, 0.3) is 5.91 Å². The second kappa shape index (κ2) is 8.44. The molecule has 1 aliphatic rings. The van der Waals surface area contributed by atoms with Crippen LogP contribution >= 0.6 is 0 Å². The number of hydrogen-bond acceptors (Lipinski definition) is 5. The SMILES string of the molecule is COc1ccc(Cc2nc3ccc(C(=O)NC[C@@H]4CCCCO4)cc3o2)cc1. The number of carbonyl (C=O) groups is 1. The highest BCUT2D eigenvalue weighted by Gasteiger charge is 2.16. The van der Waals surface area contributed by atoms with Crippen molar-refractivity contribution in [2.75, 3.05) is 20.3 Å². The molecule has 0 radical (unpaired) electrons. The summed E-state index contributed by atoms with van der Waals surface area (Å²) in [5, 5.41) is 2.95. The standard InChI is InChI=1S/C22H24N2O4/c1-26-17-8-5-15(6-9-17)12-21-24-19-10-7-16(13-20(19)28-21)22(25)23-14-18-4-2-3-11-27-18/h5-10,13,18H,2-4,11-12,14H2,1H3,(H,23,25)/t18-/m0/s1. The van der Waals surface area contributed by atoms with E-state index in [1.165, 1.54) is 0 Å². The van der Waals surface area contributed by atoms with Gasteiger partial charge in [0.1, 0.15) is 11.3 Å². The van der Waals surface area contributed by atoms with E-state index in [4.69, 9.17) is 13.9 Å². The zero-order valence-corrected chi connectivity index (χ0v) is 15.9. The van der Waals surface area contributed by atoms with Gasteiger partial charge in [0, 0.05) is 25.1 Å². The van der Waals surface area contributed by atoms with Gasteiger partial charge in [-0.25, -0.2) is 4.98 Å². The van der Waals surface area contributed by atoms with Crippen molar-refractivity contribution in [1.82, 2.24) is 10.3 Å². The average molecular weight is 380 g/mol. The molecule has 4 rings (SSSR count). The van der Waals surface area contributed by atoms with Crippen LogP contribution in [0.5, 0.6) is 5.75 Å². The highest BCUT2D eigenvalue weighted by molar-refractivity contribution is 5.97. The number of hydrogen-bond donors (Lipinski definition) is 1. The third kappa shape index (κ3) is 4.34. The summed E-state index contributed by atoms with van der Waals surface area (Å²) in [5.74, 6) is 1.31. The van der Waals surface area contributed by atoms with Crippen molar-refractivity contribution < 1.29 is 18.7 Å². The molecule has 0 aliphatic carbocycles. The molecule has 3 aromatic rings. The molecule has 1 atom stereocenters. The third-order valence-corrected chi connectivity index (χ3v) is 4.97. The number of amides is 1. The molecule has 1 aromatic heterocycles. The van der Waals surface area contributed by atoms with Crippen molar-refractivity contribution in [3.05, 3.63) is 59.5 Å². The minimum Gasteiger partial charge on any atom is -0.497 e. The normalized spacial score (nSPS) is 16.8. The molecule has 28 heavy (non-hydrogen) atoms.